The van der Waals surface area contributed by atoms with E-state index < -0.39 is 10.4 Å². The molecule has 0 bridgehead atoms. The number of nitrogens with zero attached hydrogens (tertiary/aromatic N) is 1. The van der Waals surface area contributed by atoms with Gasteiger partial charge in [-0.05, 0) is 17.2 Å². The Morgan fingerprint density at radius 3 is 2.59 bits per heavy atom. The van der Waals surface area contributed by atoms with Crippen LogP contribution in [0, 0.1) is 10.1 Å². The minimum Gasteiger partial charge on any atom is -0.504 e. The van der Waals surface area contributed by atoms with Crippen LogP contribution in [-0.2, 0) is 6.61 Å². The monoisotopic (exact) mass is 389 g/mol. The van der Waals surface area contributed by atoms with Gasteiger partial charge in [0.05, 0.1) is 11.2 Å². The Morgan fingerprint density at radius 1 is 1.03 bits per heavy atom. The molecule has 0 saturated carbocycles. The summed E-state index contributed by atoms with van der Waals surface area (Å²) in [5, 5.41) is 21.8. The lowest BCUT2D eigenvalue weighted by Crippen LogP contribution is -2.03. The number of aromatic hydroxyl groups is 1. The van der Waals surface area contributed by atoms with Crippen molar-refractivity contribution in [1.82, 2.24) is 0 Å². The van der Waals surface area contributed by atoms with E-state index in [9.17, 15) is 20.0 Å². The lowest BCUT2D eigenvalue weighted by Gasteiger charge is -2.15. The normalized spacial score (nSPS) is 10.8. The van der Waals surface area contributed by atoms with Crippen LogP contribution in [-0.4, -0.2) is 10.0 Å². The van der Waals surface area contributed by atoms with Gasteiger partial charge in [-0.25, -0.2) is 0 Å². The highest BCUT2D eigenvalue weighted by atomic mass is 16.6. The van der Waals surface area contributed by atoms with Crippen LogP contribution >= 0.6 is 0 Å². The topological polar surface area (TPSA) is 103 Å². The van der Waals surface area contributed by atoms with Gasteiger partial charge in [0.15, 0.2) is 16.9 Å². The fourth-order valence-electron chi connectivity index (χ4n) is 3.10. The van der Waals surface area contributed by atoms with Crippen molar-refractivity contribution in [3.63, 3.8) is 0 Å². The van der Waals surface area contributed by atoms with Crippen molar-refractivity contribution in [2.24, 2.45) is 0 Å². The highest BCUT2D eigenvalue weighted by Gasteiger charge is 2.19. The van der Waals surface area contributed by atoms with Crippen LogP contribution in [0.4, 0.5) is 5.69 Å². The van der Waals surface area contributed by atoms with Gasteiger partial charge >= 0.3 is 0 Å². The van der Waals surface area contributed by atoms with E-state index in [4.69, 9.17) is 9.15 Å². The Bertz CT molecular complexity index is 1260. The minimum atomic E-state index is -0.488. The van der Waals surface area contributed by atoms with Crippen molar-refractivity contribution in [1.29, 1.82) is 0 Å². The van der Waals surface area contributed by atoms with Gasteiger partial charge in [-0.15, -0.1) is 0 Å². The molecule has 144 valence electrons. The Morgan fingerprint density at radius 2 is 1.83 bits per heavy atom. The summed E-state index contributed by atoms with van der Waals surface area (Å²) < 4.78 is 11.3. The summed E-state index contributed by atoms with van der Waals surface area (Å²) in [5.41, 5.74) is 1.62. The smallest absolute Gasteiger partial charge is 0.269 e. The molecule has 7 nitrogen and oxygen atoms in total. The van der Waals surface area contributed by atoms with Crippen molar-refractivity contribution in [3.05, 3.63) is 98.9 Å². The molecule has 0 saturated heterocycles. The molecule has 0 atom stereocenters. The largest absolute Gasteiger partial charge is 0.504 e. The second-order valence-electron chi connectivity index (χ2n) is 6.34. The van der Waals surface area contributed by atoms with E-state index in [1.807, 2.05) is 30.3 Å². The van der Waals surface area contributed by atoms with Gasteiger partial charge in [0.2, 0.25) is 0 Å². The third-order valence-electron chi connectivity index (χ3n) is 4.47. The Kier molecular flexibility index (Phi) is 4.70. The van der Waals surface area contributed by atoms with E-state index in [1.165, 1.54) is 24.5 Å². The van der Waals surface area contributed by atoms with E-state index in [-0.39, 0.29) is 34.8 Å². The molecule has 1 aromatic heterocycles. The summed E-state index contributed by atoms with van der Waals surface area (Å²) in [7, 11) is 0. The maximum atomic E-state index is 12.2. The van der Waals surface area contributed by atoms with Crippen molar-refractivity contribution in [3.8, 4) is 22.6 Å². The number of non-ortho nitro benzene ring substituents is 1. The van der Waals surface area contributed by atoms with Gasteiger partial charge in [-0.3, -0.25) is 14.9 Å². The number of nitro groups is 1. The fourth-order valence-corrected chi connectivity index (χ4v) is 3.10. The van der Waals surface area contributed by atoms with Crippen LogP contribution in [0.15, 0.2) is 82.2 Å². The van der Waals surface area contributed by atoms with Gasteiger partial charge in [0.25, 0.3) is 5.69 Å². The zero-order valence-corrected chi connectivity index (χ0v) is 15.1. The predicted octanol–water partition coefficient (Wildman–Crippen LogP) is 4.65. The minimum absolute atomic E-state index is 0.0150. The number of ether oxygens (including phenoxy) is 1. The van der Waals surface area contributed by atoms with Gasteiger partial charge in [0.1, 0.15) is 17.6 Å². The maximum absolute atomic E-state index is 12.2. The van der Waals surface area contributed by atoms with E-state index in [1.54, 1.807) is 18.2 Å². The van der Waals surface area contributed by atoms with Crippen LogP contribution in [0.2, 0.25) is 0 Å². The standard InChI is InChI=1S/C22H15NO6/c24-18-9-10-28-19-12-17(15-6-2-1-3-7-15)22(21(25)20(18)19)29-13-14-5-4-8-16(11-14)23(26)27/h1-12,25H,13H2. The molecule has 0 spiro atoms. The molecule has 0 aliphatic rings. The van der Waals surface area contributed by atoms with E-state index in [0.29, 0.717) is 11.1 Å². The second-order valence-corrected chi connectivity index (χ2v) is 6.34. The molecule has 29 heavy (non-hydrogen) atoms. The zero-order valence-electron chi connectivity index (χ0n) is 15.1. The molecular formula is C22H15NO6. The molecule has 0 aliphatic carbocycles. The predicted molar refractivity (Wildman–Crippen MR) is 107 cm³/mol. The van der Waals surface area contributed by atoms with Crippen molar-refractivity contribution >= 4 is 16.7 Å². The molecule has 0 aliphatic heterocycles. The number of phenolic OH excluding ortho intramolecular Hbond substituents is 1. The van der Waals surface area contributed by atoms with Crippen LogP contribution in [0.5, 0.6) is 11.5 Å². The molecule has 0 amide bonds. The maximum Gasteiger partial charge on any atom is 0.269 e. The first-order chi connectivity index (χ1) is 14.0. The van der Waals surface area contributed by atoms with Gasteiger partial charge in [-0.1, -0.05) is 42.5 Å². The van der Waals surface area contributed by atoms with Crippen molar-refractivity contribution in [2.45, 2.75) is 6.61 Å². The third-order valence-corrected chi connectivity index (χ3v) is 4.47. The van der Waals surface area contributed by atoms with Gasteiger partial charge in [-0.2, -0.15) is 0 Å². The Hall–Kier alpha value is -4.13. The zero-order chi connectivity index (χ0) is 20.4. The highest BCUT2D eigenvalue weighted by Crippen LogP contribution is 2.42. The summed E-state index contributed by atoms with van der Waals surface area (Å²) in [4.78, 5) is 22.7. The summed E-state index contributed by atoms with van der Waals surface area (Å²) >= 11 is 0. The lowest BCUT2D eigenvalue weighted by molar-refractivity contribution is -0.384. The molecule has 0 unspecified atom stereocenters. The van der Waals surface area contributed by atoms with Crippen LogP contribution in [0.1, 0.15) is 5.56 Å². The first kappa shape index (κ1) is 18.2. The molecule has 1 heterocycles. The number of phenols is 1. The molecule has 4 aromatic rings. The highest BCUT2D eigenvalue weighted by molar-refractivity contribution is 5.93. The first-order valence-corrected chi connectivity index (χ1v) is 8.73. The number of nitro benzene ring substituents is 1. The number of hydrogen-bond acceptors (Lipinski definition) is 6. The van der Waals surface area contributed by atoms with Gasteiger partial charge in [0, 0.05) is 23.8 Å². The Balaban J connectivity index is 1.82. The van der Waals surface area contributed by atoms with Crippen molar-refractivity contribution < 1.29 is 19.2 Å². The SMILES string of the molecule is O=c1ccoc2cc(-c3ccccc3)c(OCc3cccc([N+](=O)[O-])c3)c(O)c12. The molecule has 7 heteroatoms. The average Bonchev–Trinajstić information content (AvgIpc) is 2.73. The first-order valence-electron chi connectivity index (χ1n) is 8.73. The molecular weight excluding hydrogens is 374 g/mol. The Labute approximate surface area is 164 Å². The number of hydrogen-bond donors (Lipinski definition) is 1. The number of rotatable bonds is 5. The summed E-state index contributed by atoms with van der Waals surface area (Å²) in [6.45, 7) is -0.0290. The van der Waals surface area contributed by atoms with E-state index in [0.717, 1.165) is 5.56 Å². The molecule has 0 fully saturated rings. The van der Waals surface area contributed by atoms with Crippen LogP contribution in [0.3, 0.4) is 0 Å². The van der Waals surface area contributed by atoms with Crippen LogP contribution in [0.25, 0.3) is 22.1 Å². The van der Waals surface area contributed by atoms with E-state index >= 15 is 0 Å². The average molecular weight is 389 g/mol. The number of benzene rings is 3. The number of fused-ring (bicyclic) bond motifs is 1. The molecule has 3 aromatic carbocycles. The molecule has 4 rings (SSSR count). The summed E-state index contributed by atoms with van der Waals surface area (Å²) in [5.74, 6) is -0.227. The molecule has 0 radical (unpaired) electrons. The second kappa shape index (κ2) is 7.47. The summed E-state index contributed by atoms with van der Waals surface area (Å²) in [6.07, 6.45) is 1.27. The van der Waals surface area contributed by atoms with Crippen molar-refractivity contribution in [2.75, 3.05) is 0 Å². The van der Waals surface area contributed by atoms with E-state index in [2.05, 4.69) is 0 Å². The fraction of sp³-hybridized carbons (Fsp3) is 0.0455. The molecule has 1 N–H and O–H groups in total. The van der Waals surface area contributed by atoms with Gasteiger partial charge < -0.3 is 14.3 Å². The van der Waals surface area contributed by atoms with Crippen LogP contribution < -0.4 is 10.2 Å². The lowest BCUT2D eigenvalue weighted by atomic mass is 10.0. The summed E-state index contributed by atoms with van der Waals surface area (Å²) in [6, 6.07) is 18.1. The quantitative estimate of drug-likeness (QED) is 0.394. The third kappa shape index (κ3) is 3.53.